The fourth-order valence-electron chi connectivity index (χ4n) is 20.2. The zero-order valence-electron chi connectivity index (χ0n) is 62.5. The molecule has 0 N–H and O–H groups in total. The van der Waals surface area contributed by atoms with Crippen LogP contribution in [-0.2, 0) is 10.8 Å². The first kappa shape index (κ1) is 65.3. The van der Waals surface area contributed by atoms with Gasteiger partial charge in [0.2, 0.25) is 0 Å². The summed E-state index contributed by atoms with van der Waals surface area (Å²) in [6, 6.07) is 144. The van der Waals surface area contributed by atoms with Crippen molar-refractivity contribution in [3.63, 3.8) is 0 Å². The lowest BCUT2D eigenvalue weighted by atomic mass is 9.67. The number of pyridine rings is 1. The molecular formula is C108H64N6S2. The molecule has 2 spiro atoms. The quantitative estimate of drug-likeness (QED) is 0.151. The van der Waals surface area contributed by atoms with Crippen LogP contribution < -0.4 is 0 Å². The SMILES string of the molecule is c1ccc(-c2cc(-c3cccc(-c4ccc5c(c4)-c4ccccc4C54c5ccccc5Sc5c4ccc4c6ccc7ccccc7c6n(-c6cccc(-c7nc(-c8ccccc8)nc(-c8ccccc8)n7)c6)c54)c3)cc(-n3c4c5c(ccc4c4ccc6ccccc6c43)C3(c4ccccc4S5)c4ccccc4-c4ccccc43)n2)cc1. The van der Waals surface area contributed by atoms with Crippen LogP contribution in [0.1, 0.15) is 44.5 Å². The molecule has 2 aliphatic heterocycles. The van der Waals surface area contributed by atoms with Gasteiger partial charge in [0.25, 0.3) is 0 Å². The predicted molar refractivity (Wildman–Crippen MR) is 477 cm³/mol. The Morgan fingerprint density at radius 1 is 0.216 bits per heavy atom. The fraction of sp³-hybridized carbons (Fsp3) is 0.0185. The zero-order valence-corrected chi connectivity index (χ0v) is 64.1. The van der Waals surface area contributed by atoms with Gasteiger partial charge in [-0.25, -0.2) is 19.9 Å². The van der Waals surface area contributed by atoms with E-state index in [9.17, 15) is 0 Å². The molecule has 538 valence electrons. The topological polar surface area (TPSA) is 61.4 Å². The average Bonchev–Trinajstić information content (AvgIpc) is 1.50. The van der Waals surface area contributed by atoms with Gasteiger partial charge in [0.1, 0.15) is 5.82 Å². The molecule has 0 bridgehead atoms. The van der Waals surface area contributed by atoms with Crippen LogP contribution in [0.5, 0.6) is 0 Å². The number of nitrogens with zero attached hydrogens (tertiary/aromatic N) is 6. The Kier molecular flexibility index (Phi) is 14.1. The van der Waals surface area contributed by atoms with Gasteiger partial charge < -0.3 is 4.57 Å². The number of rotatable bonds is 8. The molecule has 4 aliphatic rings. The summed E-state index contributed by atoms with van der Waals surface area (Å²) in [5, 5.41) is 9.49. The summed E-state index contributed by atoms with van der Waals surface area (Å²) in [6.07, 6.45) is 0. The van der Waals surface area contributed by atoms with E-state index in [-0.39, 0.29) is 0 Å². The summed E-state index contributed by atoms with van der Waals surface area (Å²) in [5.41, 5.74) is 28.8. The van der Waals surface area contributed by atoms with Crippen LogP contribution in [-0.4, -0.2) is 29.1 Å². The molecule has 17 aromatic carbocycles. The highest BCUT2D eigenvalue weighted by Gasteiger charge is 2.53. The van der Waals surface area contributed by atoms with Gasteiger partial charge in [-0.05, 0) is 148 Å². The number of hydrogen-bond donors (Lipinski definition) is 0. The molecule has 6 heterocycles. The maximum Gasteiger partial charge on any atom is 0.164 e. The Labute approximate surface area is 677 Å². The standard InChI is InChI=1S/C108H64N6S2/c1-4-28-67(29-5-1)94-63-74(64-97(109-94)114-99-77-39-13-11-27-66(77)51-54-82(99)84-56-59-93-103(101(84)114)116-95-48-22-20-46-90(95)107(93)86-43-17-14-40-78(86)79-41-15-18-44-87(79)107)71-35-24-34-70(60-71)72-52-57-89-85(62-72)80-42-16-19-45-88(80)108(89)91-47-21-23-49-96(91)115-102-92(108)58-55-83-81-53-50-65-26-10-12-38-76(65)98(81)113(100(83)102)75-37-25-36-73(61-75)106-111-104(68-30-6-2-7-31-68)110-105(112-106)69-32-8-3-9-33-69/h1-64H. The smallest absolute Gasteiger partial charge is 0.164 e. The molecule has 25 rings (SSSR count). The molecule has 4 aromatic heterocycles. The van der Waals surface area contributed by atoms with Crippen molar-refractivity contribution in [2.24, 2.45) is 0 Å². The Balaban J connectivity index is 0.674. The van der Waals surface area contributed by atoms with Gasteiger partial charge in [0.05, 0.1) is 38.6 Å². The molecular weight excluding hydrogens is 1450 g/mol. The molecule has 1 unspecified atom stereocenters. The number of aromatic nitrogens is 6. The molecule has 0 fully saturated rings. The van der Waals surface area contributed by atoms with E-state index >= 15 is 0 Å². The van der Waals surface area contributed by atoms with Crippen LogP contribution in [0.15, 0.2) is 408 Å². The van der Waals surface area contributed by atoms with Crippen molar-refractivity contribution in [2.45, 2.75) is 30.4 Å². The fourth-order valence-corrected chi connectivity index (χ4v) is 22.9. The second kappa shape index (κ2) is 25.1. The van der Waals surface area contributed by atoms with Gasteiger partial charge in [0.15, 0.2) is 17.5 Å². The van der Waals surface area contributed by atoms with E-state index in [1.54, 1.807) is 0 Å². The third-order valence-corrected chi connectivity index (χ3v) is 27.4. The third kappa shape index (κ3) is 9.27. The van der Waals surface area contributed by atoms with Crippen LogP contribution in [0.2, 0.25) is 0 Å². The summed E-state index contributed by atoms with van der Waals surface area (Å²) >= 11 is 3.79. The second-order valence-corrected chi connectivity index (χ2v) is 33.0. The van der Waals surface area contributed by atoms with E-state index in [0.717, 1.165) is 83.8 Å². The maximum atomic E-state index is 5.89. The molecule has 6 nitrogen and oxygen atoms in total. The lowest BCUT2D eigenvalue weighted by molar-refractivity contribution is 0.724. The van der Waals surface area contributed by atoms with Crippen molar-refractivity contribution >= 4 is 88.7 Å². The number of benzene rings is 17. The first-order valence-corrected chi connectivity index (χ1v) is 41.3. The Hall–Kier alpha value is -14.3. The van der Waals surface area contributed by atoms with Crippen molar-refractivity contribution < 1.29 is 0 Å². The second-order valence-electron chi connectivity index (χ2n) is 30.9. The van der Waals surface area contributed by atoms with Crippen LogP contribution in [0.4, 0.5) is 0 Å². The summed E-state index contributed by atoms with van der Waals surface area (Å²) < 4.78 is 5.08. The van der Waals surface area contributed by atoms with E-state index in [0.29, 0.717) is 17.5 Å². The molecule has 0 saturated heterocycles. The molecule has 21 aromatic rings. The van der Waals surface area contributed by atoms with E-state index in [1.807, 2.05) is 59.9 Å². The molecule has 0 saturated carbocycles. The molecule has 1 atom stereocenters. The van der Waals surface area contributed by atoms with Gasteiger partial charge in [-0.2, -0.15) is 0 Å². The van der Waals surface area contributed by atoms with E-state index in [1.165, 1.54) is 129 Å². The normalized spacial score (nSPS) is 14.4. The highest BCUT2D eigenvalue weighted by atomic mass is 32.2. The van der Waals surface area contributed by atoms with Crippen LogP contribution in [0, 0.1) is 0 Å². The number of hydrogen-bond acceptors (Lipinski definition) is 6. The summed E-state index contributed by atoms with van der Waals surface area (Å²) in [5.74, 6) is 2.71. The summed E-state index contributed by atoms with van der Waals surface area (Å²) in [7, 11) is 0. The Bertz CT molecular complexity index is 7690. The molecule has 0 radical (unpaired) electrons. The van der Waals surface area contributed by atoms with Crippen LogP contribution in [0.3, 0.4) is 0 Å². The molecule has 2 aliphatic carbocycles. The average molecular weight is 1510 g/mol. The number of fused-ring (bicyclic) bond motifs is 30. The molecule has 8 heteroatoms. The van der Waals surface area contributed by atoms with Gasteiger partial charge in [-0.3, -0.25) is 4.57 Å². The van der Waals surface area contributed by atoms with Crippen LogP contribution >= 0.6 is 23.5 Å². The lowest BCUT2D eigenvalue weighted by Crippen LogP contribution is -2.32. The highest BCUT2D eigenvalue weighted by Crippen LogP contribution is 2.66. The van der Waals surface area contributed by atoms with Crippen molar-refractivity contribution in [1.29, 1.82) is 0 Å². The zero-order chi connectivity index (χ0) is 75.9. The first-order chi connectivity index (χ1) is 57.5. The minimum Gasteiger partial charge on any atom is -0.307 e. The van der Waals surface area contributed by atoms with Crippen molar-refractivity contribution in [3.8, 4) is 101 Å². The summed E-state index contributed by atoms with van der Waals surface area (Å²) in [4.78, 5) is 26.5. The predicted octanol–water partition coefficient (Wildman–Crippen LogP) is 27.4. The molecule has 116 heavy (non-hydrogen) atoms. The highest BCUT2D eigenvalue weighted by molar-refractivity contribution is 8.00. The maximum absolute atomic E-state index is 5.89. The first-order valence-electron chi connectivity index (χ1n) is 39.6. The minimum atomic E-state index is -0.692. The largest absolute Gasteiger partial charge is 0.307 e. The van der Waals surface area contributed by atoms with Gasteiger partial charge in [-0.15, -0.1) is 0 Å². The van der Waals surface area contributed by atoms with Gasteiger partial charge in [0, 0.05) is 79.8 Å². The van der Waals surface area contributed by atoms with E-state index in [2.05, 4.69) is 361 Å². The lowest BCUT2D eigenvalue weighted by Gasteiger charge is -2.40. The third-order valence-electron chi connectivity index (χ3n) is 25.1. The van der Waals surface area contributed by atoms with Crippen molar-refractivity contribution in [3.05, 3.63) is 433 Å². The van der Waals surface area contributed by atoms with E-state index < -0.39 is 10.8 Å². The van der Waals surface area contributed by atoms with Gasteiger partial charge >= 0.3 is 0 Å². The van der Waals surface area contributed by atoms with Crippen LogP contribution in [0.25, 0.3) is 167 Å². The van der Waals surface area contributed by atoms with Crippen molar-refractivity contribution in [1.82, 2.24) is 29.1 Å². The molecule has 0 amide bonds. The van der Waals surface area contributed by atoms with Crippen molar-refractivity contribution in [2.75, 3.05) is 0 Å². The monoisotopic (exact) mass is 1510 g/mol. The summed E-state index contributed by atoms with van der Waals surface area (Å²) in [6.45, 7) is 0. The van der Waals surface area contributed by atoms with Gasteiger partial charge in [-0.1, -0.05) is 363 Å². The van der Waals surface area contributed by atoms with E-state index in [4.69, 9.17) is 19.9 Å². The minimum absolute atomic E-state index is 0.570. The Morgan fingerprint density at radius 3 is 1.18 bits per heavy atom. The Morgan fingerprint density at radius 2 is 0.612 bits per heavy atom.